The number of anilines is 1. The van der Waals surface area contributed by atoms with Gasteiger partial charge in [0, 0.05) is 10.9 Å². The van der Waals surface area contributed by atoms with Gasteiger partial charge in [0.25, 0.3) is 5.91 Å². The lowest BCUT2D eigenvalue weighted by atomic mass is 10.2. The molecule has 1 aliphatic heterocycles. The molecule has 146 valence electrons. The maximum atomic E-state index is 12.8. The molecule has 0 radical (unpaired) electrons. The molecule has 0 unspecified atom stereocenters. The lowest BCUT2D eigenvalue weighted by molar-refractivity contribution is -0.117. The van der Waals surface area contributed by atoms with Crippen LogP contribution < -0.4 is 9.75 Å². The molecule has 0 N–H and O–H groups in total. The zero-order chi connectivity index (χ0) is 20.4. The van der Waals surface area contributed by atoms with Crippen molar-refractivity contribution in [2.24, 2.45) is 15.3 Å². The van der Waals surface area contributed by atoms with E-state index in [1.165, 1.54) is 16.3 Å². The van der Waals surface area contributed by atoms with E-state index in [0.29, 0.717) is 16.5 Å². The third kappa shape index (κ3) is 3.93. The number of rotatable bonds is 5. The molecule has 8 heteroatoms. The number of hydrogen-bond donors (Lipinski definition) is 0. The fraction of sp³-hybridized carbons (Fsp3) is 0.190. The molecule has 3 aromatic rings. The molecule has 2 heterocycles. The molecule has 1 aliphatic rings. The first-order valence-electron chi connectivity index (χ1n) is 9.01. The lowest BCUT2D eigenvalue weighted by Gasteiger charge is -2.08. The minimum atomic E-state index is -0.733. The molecule has 0 spiro atoms. The number of hydrazone groups is 1. The van der Waals surface area contributed by atoms with Crippen molar-refractivity contribution in [3.05, 3.63) is 59.5 Å². The average Bonchev–Trinajstić information content (AvgIpc) is 3.32. The lowest BCUT2D eigenvalue weighted by Crippen LogP contribution is -2.29. The van der Waals surface area contributed by atoms with Crippen LogP contribution in [0.5, 0.6) is 5.75 Å². The fourth-order valence-electron chi connectivity index (χ4n) is 2.90. The van der Waals surface area contributed by atoms with Crippen molar-refractivity contribution in [3.63, 3.8) is 0 Å². The first-order chi connectivity index (χ1) is 14.0. The van der Waals surface area contributed by atoms with Crippen LogP contribution >= 0.6 is 11.3 Å². The van der Waals surface area contributed by atoms with E-state index < -0.39 is 6.04 Å². The molecule has 29 heavy (non-hydrogen) atoms. The van der Waals surface area contributed by atoms with Gasteiger partial charge in [-0.15, -0.1) is 11.3 Å². The van der Waals surface area contributed by atoms with E-state index >= 15 is 0 Å². The topological polar surface area (TPSA) is 79.5 Å². The summed E-state index contributed by atoms with van der Waals surface area (Å²) in [7, 11) is 1.63. The molecular formula is C21H19N5O2S. The van der Waals surface area contributed by atoms with Gasteiger partial charge < -0.3 is 4.74 Å². The van der Waals surface area contributed by atoms with Crippen molar-refractivity contribution in [2.75, 3.05) is 12.1 Å². The summed E-state index contributed by atoms with van der Waals surface area (Å²) in [6.07, 6.45) is 0. The van der Waals surface area contributed by atoms with Crippen molar-refractivity contribution in [2.45, 2.75) is 19.9 Å². The second-order valence-corrected chi connectivity index (χ2v) is 7.43. The Kier molecular flexibility index (Phi) is 5.18. The number of carbonyl (C=O) groups excluding carboxylic acids is 1. The van der Waals surface area contributed by atoms with Gasteiger partial charge in [-0.25, -0.2) is 4.98 Å². The maximum Gasteiger partial charge on any atom is 0.282 e. The second kappa shape index (κ2) is 7.92. The average molecular weight is 405 g/mol. The summed E-state index contributed by atoms with van der Waals surface area (Å²) >= 11 is 1.36. The molecule has 1 atom stereocenters. The third-order valence-electron chi connectivity index (χ3n) is 4.45. The van der Waals surface area contributed by atoms with E-state index in [-0.39, 0.29) is 5.91 Å². The highest BCUT2D eigenvalue weighted by Crippen LogP contribution is 2.31. The summed E-state index contributed by atoms with van der Waals surface area (Å²) < 4.78 is 5.18. The van der Waals surface area contributed by atoms with Crippen LogP contribution in [0.3, 0.4) is 0 Å². The molecule has 0 fully saturated rings. The van der Waals surface area contributed by atoms with Crippen molar-refractivity contribution in [3.8, 4) is 17.0 Å². The Bertz CT molecular complexity index is 1100. The molecule has 0 aliphatic carbocycles. The normalized spacial score (nSPS) is 16.5. The van der Waals surface area contributed by atoms with Crippen molar-refractivity contribution < 1.29 is 9.53 Å². The number of methoxy groups -OCH3 is 1. The first-order valence-corrected chi connectivity index (χ1v) is 9.89. The summed E-state index contributed by atoms with van der Waals surface area (Å²) in [5, 5.41) is 16.5. The highest BCUT2D eigenvalue weighted by atomic mass is 32.1. The van der Waals surface area contributed by atoms with Gasteiger partial charge in [-0.05, 0) is 55.8 Å². The number of amides is 1. The predicted molar refractivity (Wildman–Crippen MR) is 114 cm³/mol. The Morgan fingerprint density at radius 1 is 1.14 bits per heavy atom. The third-order valence-corrected chi connectivity index (χ3v) is 5.26. The number of ether oxygens (including phenoxy) is 1. The van der Waals surface area contributed by atoms with Gasteiger partial charge >= 0.3 is 0 Å². The Morgan fingerprint density at radius 3 is 2.66 bits per heavy atom. The van der Waals surface area contributed by atoms with Crippen molar-refractivity contribution >= 4 is 33.8 Å². The number of carbonyl (C=O) groups is 1. The zero-order valence-corrected chi connectivity index (χ0v) is 17.1. The van der Waals surface area contributed by atoms with Gasteiger partial charge in [0.2, 0.25) is 5.13 Å². The number of aromatic nitrogens is 1. The second-order valence-electron chi connectivity index (χ2n) is 6.59. The minimum absolute atomic E-state index is 0.255. The van der Waals surface area contributed by atoms with Gasteiger partial charge in [-0.2, -0.15) is 20.3 Å². The van der Waals surface area contributed by atoms with E-state index in [1.54, 1.807) is 14.0 Å². The number of hydrogen-bond acceptors (Lipinski definition) is 7. The Morgan fingerprint density at radius 2 is 1.93 bits per heavy atom. The molecular weight excluding hydrogens is 386 g/mol. The first kappa shape index (κ1) is 18.9. The molecule has 0 saturated heterocycles. The Balaban J connectivity index is 1.53. The molecule has 1 aromatic heterocycles. The maximum absolute atomic E-state index is 12.8. The quantitative estimate of drug-likeness (QED) is 0.560. The summed E-state index contributed by atoms with van der Waals surface area (Å²) in [5.74, 6) is 0.524. The standard InChI is InChI=1S/C21H19N5O2S/c1-13-5-4-6-16(11-13)23-24-19-14(2)25-26(20(19)27)21-22-18(12-29-21)15-7-9-17(28-3)10-8-15/h4-12,19H,1-3H3/t19-/m0/s1. The van der Waals surface area contributed by atoms with E-state index in [9.17, 15) is 4.79 Å². The van der Waals surface area contributed by atoms with Gasteiger partial charge in [0.05, 0.1) is 24.2 Å². The Hall–Kier alpha value is -3.39. The van der Waals surface area contributed by atoms with E-state index in [4.69, 9.17) is 4.74 Å². The zero-order valence-electron chi connectivity index (χ0n) is 16.2. The van der Waals surface area contributed by atoms with Crippen LogP contribution in [0.2, 0.25) is 0 Å². The van der Waals surface area contributed by atoms with Crippen LogP contribution in [0, 0.1) is 6.92 Å². The van der Waals surface area contributed by atoms with Gasteiger partial charge in [0.15, 0.2) is 6.04 Å². The van der Waals surface area contributed by atoms with Gasteiger partial charge in [-0.1, -0.05) is 12.1 Å². The molecule has 0 bridgehead atoms. The van der Waals surface area contributed by atoms with Crippen LogP contribution in [0.25, 0.3) is 11.3 Å². The summed E-state index contributed by atoms with van der Waals surface area (Å²) in [6, 6.07) is 14.5. The molecule has 1 amide bonds. The molecule has 0 saturated carbocycles. The fourth-order valence-corrected chi connectivity index (χ4v) is 3.68. The van der Waals surface area contributed by atoms with Crippen molar-refractivity contribution in [1.29, 1.82) is 0 Å². The Labute approximate surface area is 172 Å². The van der Waals surface area contributed by atoms with Crippen LogP contribution in [0.4, 0.5) is 10.8 Å². The number of aryl methyl sites for hydroxylation is 1. The van der Waals surface area contributed by atoms with Crippen molar-refractivity contribution in [1.82, 2.24) is 4.98 Å². The number of azo groups is 1. The van der Waals surface area contributed by atoms with E-state index in [1.807, 2.05) is 60.8 Å². The minimum Gasteiger partial charge on any atom is -0.497 e. The van der Waals surface area contributed by atoms with Crippen LogP contribution in [0.15, 0.2) is 69.2 Å². The van der Waals surface area contributed by atoms with Crippen LogP contribution in [-0.4, -0.2) is 29.8 Å². The number of nitrogens with zero attached hydrogens (tertiary/aromatic N) is 5. The highest BCUT2D eigenvalue weighted by molar-refractivity contribution is 7.14. The van der Waals surface area contributed by atoms with Gasteiger partial charge in [0.1, 0.15) is 5.75 Å². The van der Waals surface area contributed by atoms with Crippen LogP contribution in [0.1, 0.15) is 12.5 Å². The monoisotopic (exact) mass is 405 g/mol. The number of benzene rings is 2. The van der Waals surface area contributed by atoms with Crippen LogP contribution in [-0.2, 0) is 4.79 Å². The summed E-state index contributed by atoms with van der Waals surface area (Å²) in [4.78, 5) is 17.4. The number of thiazole rings is 1. The highest BCUT2D eigenvalue weighted by Gasteiger charge is 2.36. The summed E-state index contributed by atoms with van der Waals surface area (Å²) in [6.45, 7) is 3.76. The van der Waals surface area contributed by atoms with E-state index in [2.05, 4.69) is 20.3 Å². The molecule has 4 rings (SSSR count). The molecule has 7 nitrogen and oxygen atoms in total. The van der Waals surface area contributed by atoms with E-state index in [0.717, 1.165) is 22.6 Å². The SMILES string of the molecule is COc1ccc(-c2csc(N3N=C(C)[C@H](N=Nc4cccc(C)c4)C3=O)n2)cc1. The smallest absolute Gasteiger partial charge is 0.282 e. The summed E-state index contributed by atoms with van der Waals surface area (Å²) in [5.41, 5.74) is 4.10. The van der Waals surface area contributed by atoms with Gasteiger partial charge in [-0.3, -0.25) is 4.79 Å². The predicted octanol–water partition coefficient (Wildman–Crippen LogP) is 5.00. The molecule has 2 aromatic carbocycles. The largest absolute Gasteiger partial charge is 0.497 e.